The first-order valence-electron chi connectivity index (χ1n) is 6.91. The fourth-order valence-electron chi connectivity index (χ4n) is 2.73. The predicted octanol–water partition coefficient (Wildman–Crippen LogP) is 1.95. The fourth-order valence-corrected chi connectivity index (χ4v) is 2.73. The van der Waals surface area contributed by atoms with E-state index < -0.39 is 5.54 Å². The van der Waals surface area contributed by atoms with Crippen LogP contribution in [0.4, 0.5) is 0 Å². The molecule has 0 atom stereocenters. The highest BCUT2D eigenvalue weighted by atomic mass is 16.1. The van der Waals surface area contributed by atoms with Crippen LogP contribution in [0, 0.1) is 5.41 Å². The van der Waals surface area contributed by atoms with Gasteiger partial charge in [-0.3, -0.25) is 4.79 Å². The van der Waals surface area contributed by atoms with Crippen molar-refractivity contribution in [2.24, 2.45) is 11.1 Å². The number of carbonyl (C=O) groups excluding carboxylic acids is 1. The van der Waals surface area contributed by atoms with E-state index in [4.69, 9.17) is 5.73 Å². The van der Waals surface area contributed by atoms with E-state index in [1.165, 1.54) is 0 Å². The highest BCUT2D eigenvalue weighted by molar-refractivity contribution is 5.91. The van der Waals surface area contributed by atoms with Crippen LogP contribution in [-0.4, -0.2) is 35.4 Å². The van der Waals surface area contributed by atoms with E-state index in [-0.39, 0.29) is 5.41 Å². The monoisotopic (exact) mass is 238 g/mol. The van der Waals surface area contributed by atoms with E-state index in [0.29, 0.717) is 18.2 Å². The van der Waals surface area contributed by atoms with Crippen molar-refractivity contribution in [1.29, 1.82) is 0 Å². The molecule has 1 heterocycles. The zero-order valence-corrected chi connectivity index (χ0v) is 11.5. The maximum absolute atomic E-state index is 12.1. The van der Waals surface area contributed by atoms with Crippen LogP contribution in [0.5, 0.6) is 0 Å². The van der Waals surface area contributed by atoms with Crippen LogP contribution in [0.15, 0.2) is 0 Å². The van der Waals surface area contributed by atoms with Gasteiger partial charge in [0.2, 0.25) is 0 Å². The molecule has 0 amide bonds. The maximum atomic E-state index is 12.1. The summed E-state index contributed by atoms with van der Waals surface area (Å²) in [5.74, 6) is 0.304. The molecule has 0 aromatic heterocycles. The SMILES string of the molecule is CC(C)N1CCC(C)(CC(=O)C2(N)CC2)CC1. The van der Waals surface area contributed by atoms with Gasteiger partial charge in [-0.1, -0.05) is 6.92 Å². The average Bonchev–Trinajstić information content (AvgIpc) is 2.98. The van der Waals surface area contributed by atoms with Gasteiger partial charge in [0.1, 0.15) is 0 Å². The van der Waals surface area contributed by atoms with Gasteiger partial charge in [0.15, 0.2) is 5.78 Å². The first-order valence-corrected chi connectivity index (χ1v) is 6.91. The Bertz CT molecular complexity index is 299. The van der Waals surface area contributed by atoms with E-state index >= 15 is 0 Å². The third kappa shape index (κ3) is 2.89. The summed E-state index contributed by atoms with van der Waals surface area (Å²) in [4.78, 5) is 14.6. The van der Waals surface area contributed by atoms with E-state index in [2.05, 4.69) is 25.7 Å². The molecule has 0 spiro atoms. The van der Waals surface area contributed by atoms with Gasteiger partial charge in [0, 0.05) is 12.5 Å². The van der Waals surface area contributed by atoms with Gasteiger partial charge < -0.3 is 10.6 Å². The molecule has 17 heavy (non-hydrogen) atoms. The summed E-state index contributed by atoms with van der Waals surface area (Å²) < 4.78 is 0. The number of hydrogen-bond acceptors (Lipinski definition) is 3. The van der Waals surface area contributed by atoms with E-state index in [0.717, 1.165) is 38.8 Å². The molecular weight excluding hydrogens is 212 g/mol. The molecule has 0 radical (unpaired) electrons. The number of rotatable bonds is 4. The van der Waals surface area contributed by atoms with E-state index in [1.54, 1.807) is 0 Å². The minimum atomic E-state index is -0.432. The first kappa shape index (κ1) is 13.0. The smallest absolute Gasteiger partial charge is 0.153 e. The van der Waals surface area contributed by atoms with Gasteiger partial charge in [0.05, 0.1) is 5.54 Å². The molecule has 3 heteroatoms. The lowest BCUT2D eigenvalue weighted by Gasteiger charge is -2.41. The van der Waals surface area contributed by atoms with Gasteiger partial charge in [-0.25, -0.2) is 0 Å². The van der Waals surface area contributed by atoms with Crippen molar-refractivity contribution in [1.82, 2.24) is 4.90 Å². The van der Waals surface area contributed by atoms with Crippen molar-refractivity contribution < 1.29 is 4.79 Å². The second kappa shape index (κ2) is 4.36. The van der Waals surface area contributed by atoms with Crippen LogP contribution in [0.2, 0.25) is 0 Å². The zero-order valence-electron chi connectivity index (χ0n) is 11.5. The summed E-state index contributed by atoms with van der Waals surface area (Å²) in [7, 11) is 0. The normalized spacial score (nSPS) is 27.1. The van der Waals surface area contributed by atoms with E-state index in [9.17, 15) is 4.79 Å². The number of hydrogen-bond donors (Lipinski definition) is 1. The van der Waals surface area contributed by atoms with Crippen LogP contribution >= 0.6 is 0 Å². The number of likely N-dealkylation sites (tertiary alicyclic amines) is 1. The van der Waals surface area contributed by atoms with Gasteiger partial charge >= 0.3 is 0 Å². The van der Waals surface area contributed by atoms with Crippen molar-refractivity contribution >= 4 is 5.78 Å². The Morgan fingerprint density at radius 2 is 1.76 bits per heavy atom. The Morgan fingerprint density at radius 3 is 2.18 bits per heavy atom. The van der Waals surface area contributed by atoms with Gasteiger partial charge in [-0.15, -0.1) is 0 Å². The van der Waals surface area contributed by atoms with Crippen LogP contribution in [-0.2, 0) is 4.79 Å². The van der Waals surface area contributed by atoms with Crippen molar-refractivity contribution in [3.63, 3.8) is 0 Å². The molecule has 1 saturated heterocycles. The predicted molar refractivity (Wildman–Crippen MR) is 69.8 cm³/mol. The summed E-state index contributed by atoms with van der Waals surface area (Å²) in [6.07, 6.45) is 4.76. The van der Waals surface area contributed by atoms with E-state index in [1.807, 2.05) is 0 Å². The Hall–Kier alpha value is -0.410. The number of Topliss-reactive ketones (excluding diaryl/α,β-unsaturated/α-hetero) is 1. The highest BCUT2D eigenvalue weighted by Crippen LogP contribution is 2.41. The number of nitrogens with two attached hydrogens (primary N) is 1. The second-order valence-electron chi connectivity index (χ2n) is 6.70. The Labute approximate surface area is 105 Å². The Kier molecular flexibility index (Phi) is 3.34. The lowest BCUT2D eigenvalue weighted by atomic mass is 9.75. The molecule has 0 unspecified atom stereocenters. The summed E-state index contributed by atoms with van der Waals surface area (Å²) in [5.41, 5.74) is 5.74. The lowest BCUT2D eigenvalue weighted by Crippen LogP contribution is -2.44. The molecule has 2 N–H and O–H groups in total. The van der Waals surface area contributed by atoms with Crippen LogP contribution in [0.1, 0.15) is 52.9 Å². The molecule has 3 nitrogen and oxygen atoms in total. The van der Waals surface area contributed by atoms with Gasteiger partial charge in [-0.2, -0.15) is 0 Å². The van der Waals surface area contributed by atoms with Crippen molar-refractivity contribution in [2.45, 2.75) is 64.5 Å². The molecule has 0 aromatic carbocycles. The number of piperidine rings is 1. The molecule has 1 saturated carbocycles. The molecule has 98 valence electrons. The molecule has 2 fully saturated rings. The average molecular weight is 238 g/mol. The van der Waals surface area contributed by atoms with Crippen molar-refractivity contribution in [3.05, 3.63) is 0 Å². The van der Waals surface area contributed by atoms with Crippen LogP contribution in [0.3, 0.4) is 0 Å². The minimum Gasteiger partial charge on any atom is -0.319 e. The summed E-state index contributed by atoms with van der Waals surface area (Å²) in [6.45, 7) is 8.99. The Balaban J connectivity index is 1.87. The van der Waals surface area contributed by atoms with Gasteiger partial charge in [-0.05, 0) is 58.0 Å². The third-order valence-electron chi connectivity index (χ3n) is 4.67. The summed E-state index contributed by atoms with van der Waals surface area (Å²) in [6, 6.07) is 0.625. The highest BCUT2D eigenvalue weighted by Gasteiger charge is 2.47. The van der Waals surface area contributed by atoms with Crippen LogP contribution in [0.25, 0.3) is 0 Å². The molecular formula is C14H26N2O. The molecule has 2 rings (SSSR count). The maximum Gasteiger partial charge on any atom is 0.153 e. The van der Waals surface area contributed by atoms with Crippen molar-refractivity contribution in [3.8, 4) is 0 Å². The molecule has 0 bridgehead atoms. The minimum absolute atomic E-state index is 0.192. The summed E-state index contributed by atoms with van der Waals surface area (Å²) in [5, 5.41) is 0. The zero-order chi connectivity index (χ0) is 12.7. The van der Waals surface area contributed by atoms with Gasteiger partial charge in [0.25, 0.3) is 0 Å². The summed E-state index contributed by atoms with van der Waals surface area (Å²) >= 11 is 0. The first-order chi connectivity index (χ1) is 7.85. The molecule has 1 aliphatic carbocycles. The van der Waals surface area contributed by atoms with Crippen LogP contribution < -0.4 is 5.73 Å². The third-order valence-corrected chi connectivity index (χ3v) is 4.67. The standard InChI is InChI=1S/C14H26N2O/c1-11(2)16-8-6-13(3,7-9-16)10-12(17)14(15)4-5-14/h11H,4-10,15H2,1-3H3. The number of carbonyl (C=O) groups is 1. The lowest BCUT2D eigenvalue weighted by molar-refractivity contribution is -0.124. The topological polar surface area (TPSA) is 46.3 Å². The quantitative estimate of drug-likeness (QED) is 0.814. The van der Waals surface area contributed by atoms with Crippen molar-refractivity contribution in [2.75, 3.05) is 13.1 Å². The number of nitrogens with zero attached hydrogens (tertiary/aromatic N) is 1. The molecule has 0 aromatic rings. The number of ketones is 1. The fraction of sp³-hybridized carbons (Fsp3) is 0.929. The second-order valence-corrected chi connectivity index (χ2v) is 6.70. The largest absolute Gasteiger partial charge is 0.319 e. The Morgan fingerprint density at radius 1 is 1.24 bits per heavy atom. The molecule has 2 aliphatic rings. The molecule has 1 aliphatic heterocycles.